The van der Waals surface area contributed by atoms with E-state index in [1.807, 2.05) is 19.9 Å². The van der Waals surface area contributed by atoms with Gasteiger partial charge in [0.1, 0.15) is 0 Å². The number of carbonyl (C=O) groups is 1. The van der Waals surface area contributed by atoms with Crippen molar-refractivity contribution in [1.29, 1.82) is 0 Å². The molecule has 2 aromatic carbocycles. The Hall–Kier alpha value is -3.62. The summed E-state index contributed by atoms with van der Waals surface area (Å²) in [6.45, 7) is 3.25. The smallest absolute Gasteiger partial charge is 0.418 e. The molecule has 156 valence electrons. The van der Waals surface area contributed by atoms with Gasteiger partial charge in [0.15, 0.2) is 6.61 Å². The highest BCUT2D eigenvalue weighted by atomic mass is 19.4. The minimum absolute atomic E-state index is 0.0212. The maximum absolute atomic E-state index is 13.0. The van der Waals surface area contributed by atoms with Crippen molar-refractivity contribution in [2.45, 2.75) is 20.0 Å². The lowest BCUT2D eigenvalue weighted by Gasteiger charge is -2.14. The zero-order chi connectivity index (χ0) is 21.9. The molecule has 0 aliphatic rings. The monoisotopic (exact) mass is 417 g/mol. The Kier molecular flexibility index (Phi) is 5.91. The van der Waals surface area contributed by atoms with E-state index in [2.05, 4.69) is 10.4 Å². The summed E-state index contributed by atoms with van der Waals surface area (Å²) in [5, 5.41) is 6.25. The van der Waals surface area contributed by atoms with Gasteiger partial charge in [-0.3, -0.25) is 9.59 Å². The standard InChI is InChI=1S/C21H18F3N3O3/c1-13-7-8-15(11-14(13)2)27-20(29)10-9-19(26-27)30-12-18(28)25-17-6-4-3-5-16(17)21(22,23)24/h3-11H,12H2,1-2H3,(H,25,28). The fourth-order valence-electron chi connectivity index (χ4n) is 2.68. The Labute approximate surface area is 169 Å². The zero-order valence-corrected chi connectivity index (χ0v) is 16.2. The molecule has 30 heavy (non-hydrogen) atoms. The van der Waals surface area contributed by atoms with Crippen molar-refractivity contribution < 1.29 is 22.7 Å². The lowest BCUT2D eigenvalue weighted by Crippen LogP contribution is -2.24. The van der Waals surface area contributed by atoms with Crippen LogP contribution in [0.2, 0.25) is 0 Å². The van der Waals surface area contributed by atoms with Crippen LogP contribution in [0, 0.1) is 13.8 Å². The van der Waals surface area contributed by atoms with Gasteiger partial charge in [-0.15, -0.1) is 5.10 Å². The molecule has 0 aliphatic carbocycles. The average molecular weight is 417 g/mol. The van der Waals surface area contributed by atoms with Gasteiger partial charge >= 0.3 is 6.18 Å². The third-order valence-corrected chi connectivity index (χ3v) is 4.37. The summed E-state index contributed by atoms with van der Waals surface area (Å²) >= 11 is 0. The van der Waals surface area contributed by atoms with Gasteiger partial charge in [0.25, 0.3) is 11.5 Å². The number of carbonyl (C=O) groups excluding carboxylic acids is 1. The number of anilines is 1. The van der Waals surface area contributed by atoms with Crippen LogP contribution < -0.4 is 15.6 Å². The summed E-state index contributed by atoms with van der Waals surface area (Å²) in [5.74, 6) is -0.815. The normalized spacial score (nSPS) is 11.2. The van der Waals surface area contributed by atoms with E-state index in [4.69, 9.17) is 4.74 Å². The molecule has 1 amide bonds. The van der Waals surface area contributed by atoms with Gasteiger partial charge in [-0.05, 0) is 49.2 Å². The number of aromatic nitrogens is 2. The summed E-state index contributed by atoms with van der Waals surface area (Å²) in [4.78, 5) is 24.2. The van der Waals surface area contributed by atoms with Gasteiger partial charge in [-0.1, -0.05) is 18.2 Å². The second-order valence-electron chi connectivity index (χ2n) is 6.57. The first-order chi connectivity index (χ1) is 14.1. The van der Waals surface area contributed by atoms with E-state index in [-0.39, 0.29) is 11.6 Å². The molecule has 0 fully saturated rings. The van der Waals surface area contributed by atoms with Gasteiger partial charge in [-0.25, -0.2) is 0 Å². The highest BCUT2D eigenvalue weighted by molar-refractivity contribution is 5.92. The van der Waals surface area contributed by atoms with Crippen molar-refractivity contribution in [2.75, 3.05) is 11.9 Å². The SMILES string of the molecule is Cc1ccc(-n2nc(OCC(=O)Nc3ccccc3C(F)(F)F)ccc2=O)cc1C. The Morgan fingerprint density at radius 3 is 2.50 bits per heavy atom. The van der Waals surface area contributed by atoms with E-state index in [0.717, 1.165) is 27.9 Å². The van der Waals surface area contributed by atoms with Crippen molar-refractivity contribution in [1.82, 2.24) is 9.78 Å². The summed E-state index contributed by atoms with van der Waals surface area (Å²) in [5.41, 5.74) is 0.822. The van der Waals surface area contributed by atoms with Crippen LogP contribution in [0.5, 0.6) is 5.88 Å². The number of aryl methyl sites for hydroxylation is 2. The fourth-order valence-corrected chi connectivity index (χ4v) is 2.68. The molecule has 0 atom stereocenters. The Balaban J connectivity index is 1.73. The quantitative estimate of drug-likeness (QED) is 0.684. The van der Waals surface area contributed by atoms with Crippen LogP contribution in [0.25, 0.3) is 5.69 Å². The highest BCUT2D eigenvalue weighted by Crippen LogP contribution is 2.34. The topological polar surface area (TPSA) is 73.2 Å². The third-order valence-electron chi connectivity index (χ3n) is 4.37. The summed E-state index contributed by atoms with van der Waals surface area (Å²) in [6.07, 6.45) is -4.60. The van der Waals surface area contributed by atoms with Crippen molar-refractivity contribution in [3.05, 3.63) is 81.6 Å². The second kappa shape index (κ2) is 8.40. The molecule has 1 aromatic heterocycles. The molecule has 0 spiro atoms. The number of rotatable bonds is 5. The number of ether oxygens (including phenoxy) is 1. The summed E-state index contributed by atoms with van der Waals surface area (Å²) < 4.78 is 45.5. The van der Waals surface area contributed by atoms with Crippen LogP contribution in [0.15, 0.2) is 59.4 Å². The molecule has 6 nitrogen and oxygen atoms in total. The molecule has 0 radical (unpaired) electrons. The van der Waals surface area contributed by atoms with E-state index < -0.39 is 29.8 Å². The molecular formula is C21H18F3N3O3. The van der Waals surface area contributed by atoms with Crippen LogP contribution in [-0.2, 0) is 11.0 Å². The summed E-state index contributed by atoms with van der Waals surface area (Å²) in [6, 6.07) is 12.5. The lowest BCUT2D eigenvalue weighted by molar-refractivity contribution is -0.137. The van der Waals surface area contributed by atoms with E-state index in [0.29, 0.717) is 5.69 Å². The van der Waals surface area contributed by atoms with Crippen LogP contribution in [0.3, 0.4) is 0 Å². The zero-order valence-electron chi connectivity index (χ0n) is 16.2. The molecule has 0 bridgehead atoms. The predicted molar refractivity (Wildman–Crippen MR) is 105 cm³/mol. The van der Waals surface area contributed by atoms with E-state index in [1.54, 1.807) is 12.1 Å². The first-order valence-corrected chi connectivity index (χ1v) is 8.92. The number of hydrogen-bond donors (Lipinski definition) is 1. The number of amides is 1. The Bertz CT molecular complexity index is 1140. The molecular weight excluding hydrogens is 399 g/mol. The third kappa shape index (κ3) is 4.86. The van der Waals surface area contributed by atoms with Crippen molar-refractivity contribution in [3.8, 4) is 11.6 Å². The van der Waals surface area contributed by atoms with Gasteiger partial charge in [0, 0.05) is 12.1 Å². The first-order valence-electron chi connectivity index (χ1n) is 8.92. The number of benzene rings is 2. The van der Waals surface area contributed by atoms with E-state index in [9.17, 15) is 22.8 Å². The molecule has 1 heterocycles. The van der Waals surface area contributed by atoms with Crippen LogP contribution in [0.4, 0.5) is 18.9 Å². The van der Waals surface area contributed by atoms with Gasteiger partial charge < -0.3 is 10.1 Å². The molecule has 3 rings (SSSR count). The number of para-hydroxylation sites is 1. The first kappa shape index (κ1) is 21.1. The second-order valence-corrected chi connectivity index (χ2v) is 6.57. The van der Waals surface area contributed by atoms with Gasteiger partial charge in [0.2, 0.25) is 5.88 Å². The molecule has 0 unspecified atom stereocenters. The molecule has 0 saturated carbocycles. The number of halogens is 3. The average Bonchev–Trinajstić information content (AvgIpc) is 2.69. The Morgan fingerprint density at radius 1 is 1.07 bits per heavy atom. The molecule has 3 aromatic rings. The van der Waals surface area contributed by atoms with E-state index >= 15 is 0 Å². The largest absolute Gasteiger partial charge is 0.467 e. The minimum atomic E-state index is -4.60. The van der Waals surface area contributed by atoms with Crippen molar-refractivity contribution in [3.63, 3.8) is 0 Å². The van der Waals surface area contributed by atoms with Crippen molar-refractivity contribution in [2.24, 2.45) is 0 Å². The fraction of sp³-hybridized carbons (Fsp3) is 0.190. The molecule has 0 saturated heterocycles. The van der Waals surface area contributed by atoms with Crippen LogP contribution in [-0.4, -0.2) is 22.3 Å². The highest BCUT2D eigenvalue weighted by Gasteiger charge is 2.33. The number of alkyl halides is 3. The number of nitrogens with zero attached hydrogens (tertiary/aromatic N) is 2. The minimum Gasteiger partial charge on any atom is -0.467 e. The van der Waals surface area contributed by atoms with Crippen LogP contribution >= 0.6 is 0 Å². The maximum Gasteiger partial charge on any atom is 0.418 e. The van der Waals surface area contributed by atoms with Crippen LogP contribution in [0.1, 0.15) is 16.7 Å². The Morgan fingerprint density at radius 2 is 1.80 bits per heavy atom. The van der Waals surface area contributed by atoms with Crippen molar-refractivity contribution >= 4 is 11.6 Å². The van der Waals surface area contributed by atoms with Gasteiger partial charge in [-0.2, -0.15) is 17.9 Å². The van der Waals surface area contributed by atoms with E-state index in [1.165, 1.54) is 24.3 Å². The van der Waals surface area contributed by atoms with Gasteiger partial charge in [0.05, 0.1) is 16.9 Å². The number of nitrogens with one attached hydrogen (secondary N) is 1. The lowest BCUT2D eigenvalue weighted by atomic mass is 10.1. The summed E-state index contributed by atoms with van der Waals surface area (Å²) in [7, 11) is 0. The molecule has 9 heteroatoms. The predicted octanol–water partition coefficient (Wildman–Crippen LogP) is 3.89. The molecule has 1 N–H and O–H groups in total. The maximum atomic E-state index is 13.0. The molecule has 0 aliphatic heterocycles. The number of hydrogen-bond acceptors (Lipinski definition) is 4.